The molecule has 0 amide bonds. The van der Waals surface area contributed by atoms with Gasteiger partial charge >= 0.3 is 0 Å². The lowest BCUT2D eigenvalue weighted by molar-refractivity contribution is 0.0809. The molecule has 0 spiro atoms. The van der Waals surface area contributed by atoms with Crippen LogP contribution in [0.4, 0.5) is 0 Å². The molecular weight excluding hydrogens is 248 g/mol. The molecule has 0 saturated carbocycles. The van der Waals surface area contributed by atoms with Crippen molar-refractivity contribution >= 4 is 23.4 Å². The number of benzene rings is 1. The fourth-order valence-electron chi connectivity index (χ4n) is 1.76. The van der Waals surface area contributed by atoms with Crippen LogP contribution >= 0.6 is 23.4 Å². The largest absolute Gasteiger partial charge is 0.454 e. The molecule has 1 fully saturated rings. The Balaban J connectivity index is 1.80. The third-order valence-electron chi connectivity index (χ3n) is 2.59. The van der Waals surface area contributed by atoms with E-state index >= 15 is 0 Å². The van der Waals surface area contributed by atoms with Crippen LogP contribution in [-0.4, -0.2) is 24.5 Å². The average molecular weight is 259 g/mol. The maximum atomic E-state index is 5.79. The molecule has 5 heteroatoms. The van der Waals surface area contributed by atoms with E-state index in [4.69, 9.17) is 25.8 Å². The second-order valence-corrected chi connectivity index (χ2v) is 5.09. The molecule has 0 bridgehead atoms. The molecule has 3 rings (SSSR count). The van der Waals surface area contributed by atoms with Gasteiger partial charge in [-0.2, -0.15) is 0 Å². The van der Waals surface area contributed by atoms with Crippen molar-refractivity contribution in [1.29, 1.82) is 0 Å². The van der Waals surface area contributed by atoms with Gasteiger partial charge in [-0.3, -0.25) is 0 Å². The van der Waals surface area contributed by atoms with E-state index in [9.17, 15) is 0 Å². The van der Waals surface area contributed by atoms with E-state index in [1.165, 1.54) is 0 Å². The highest BCUT2D eigenvalue weighted by molar-refractivity contribution is 7.99. The van der Waals surface area contributed by atoms with Gasteiger partial charge in [-0.15, -0.1) is 23.4 Å². The van der Waals surface area contributed by atoms with Crippen LogP contribution in [-0.2, 0) is 4.74 Å². The zero-order valence-electron chi connectivity index (χ0n) is 8.52. The summed E-state index contributed by atoms with van der Waals surface area (Å²) in [6, 6.07) is 5.92. The van der Waals surface area contributed by atoms with Crippen molar-refractivity contribution in [3.05, 3.63) is 23.8 Å². The molecule has 16 heavy (non-hydrogen) atoms. The summed E-state index contributed by atoms with van der Waals surface area (Å²) in [5.74, 6) is 3.10. The van der Waals surface area contributed by atoms with Crippen LogP contribution in [0.15, 0.2) is 18.2 Å². The lowest BCUT2D eigenvalue weighted by atomic mass is 10.2. The molecule has 1 aromatic carbocycles. The average Bonchev–Trinajstić information content (AvgIpc) is 2.96. The Kier molecular flexibility index (Phi) is 2.88. The number of fused-ring (bicyclic) bond motifs is 1. The maximum Gasteiger partial charge on any atom is 0.231 e. The summed E-state index contributed by atoms with van der Waals surface area (Å²) in [5.41, 5.74) is 1.18. The Labute approximate surface area is 103 Å². The van der Waals surface area contributed by atoms with Crippen molar-refractivity contribution in [1.82, 2.24) is 0 Å². The third-order valence-corrected chi connectivity index (χ3v) is 4.18. The normalized spacial score (nSPS) is 27.3. The van der Waals surface area contributed by atoms with Gasteiger partial charge in [-0.05, 0) is 17.7 Å². The second-order valence-electron chi connectivity index (χ2n) is 3.69. The number of hydrogen-bond donors (Lipinski definition) is 0. The maximum absolute atomic E-state index is 5.79. The molecule has 0 aromatic heterocycles. The van der Waals surface area contributed by atoms with Gasteiger partial charge in [-0.25, -0.2) is 0 Å². The Hall–Kier alpha value is -0.580. The number of alkyl halides is 1. The van der Waals surface area contributed by atoms with Gasteiger partial charge in [0.1, 0.15) is 5.44 Å². The van der Waals surface area contributed by atoms with E-state index in [0.29, 0.717) is 12.7 Å². The minimum absolute atomic E-state index is 0.0678. The lowest BCUT2D eigenvalue weighted by Crippen LogP contribution is -2.10. The zero-order valence-corrected chi connectivity index (χ0v) is 10.1. The summed E-state index contributed by atoms with van der Waals surface area (Å²) < 4.78 is 16.4. The number of rotatable bonds is 2. The quantitative estimate of drug-likeness (QED) is 0.763. The van der Waals surface area contributed by atoms with Crippen LogP contribution in [0.25, 0.3) is 0 Å². The van der Waals surface area contributed by atoms with E-state index in [2.05, 4.69) is 0 Å². The monoisotopic (exact) mass is 258 g/mol. The van der Waals surface area contributed by atoms with Crippen molar-refractivity contribution < 1.29 is 14.2 Å². The first-order valence-electron chi connectivity index (χ1n) is 5.09. The Morgan fingerprint density at radius 2 is 2.19 bits per heavy atom. The molecule has 2 aliphatic heterocycles. The third kappa shape index (κ3) is 1.85. The highest BCUT2D eigenvalue weighted by atomic mass is 35.5. The minimum Gasteiger partial charge on any atom is -0.454 e. The molecule has 2 atom stereocenters. The van der Waals surface area contributed by atoms with Gasteiger partial charge in [0.2, 0.25) is 6.79 Å². The number of ether oxygens (including phenoxy) is 3. The van der Waals surface area contributed by atoms with E-state index < -0.39 is 0 Å². The smallest absolute Gasteiger partial charge is 0.231 e. The molecule has 0 radical (unpaired) electrons. The summed E-state index contributed by atoms with van der Waals surface area (Å²) in [6.07, 6.45) is 0.155. The van der Waals surface area contributed by atoms with Crippen molar-refractivity contribution in [3.8, 4) is 11.5 Å². The zero-order chi connectivity index (χ0) is 11.0. The number of halogens is 1. The van der Waals surface area contributed by atoms with Gasteiger partial charge in [0.15, 0.2) is 11.5 Å². The fourth-order valence-corrected chi connectivity index (χ4v) is 3.24. The first kappa shape index (κ1) is 10.6. The SMILES string of the molecule is ClCC1CSC(c2ccc3c(c2)OCO3)O1. The van der Waals surface area contributed by atoms with Crippen LogP contribution in [0.5, 0.6) is 11.5 Å². The molecular formula is C11H11ClO3S. The molecule has 1 saturated heterocycles. The predicted octanol–water partition coefficient (Wildman–Crippen LogP) is 2.78. The van der Waals surface area contributed by atoms with Crippen molar-refractivity contribution in [2.24, 2.45) is 0 Å². The van der Waals surface area contributed by atoms with Crippen LogP contribution in [0, 0.1) is 0 Å². The van der Waals surface area contributed by atoms with Crippen LogP contribution < -0.4 is 9.47 Å². The first-order valence-corrected chi connectivity index (χ1v) is 6.68. The summed E-state index contributed by atoms with van der Waals surface area (Å²) in [5, 5.41) is 0. The number of thioether (sulfide) groups is 1. The molecule has 3 nitrogen and oxygen atoms in total. The van der Waals surface area contributed by atoms with Crippen LogP contribution in [0.1, 0.15) is 11.0 Å². The summed E-state index contributed by atoms with van der Waals surface area (Å²) in [7, 11) is 0. The molecule has 2 aliphatic rings. The molecule has 1 aromatic rings. The number of hydrogen-bond acceptors (Lipinski definition) is 4. The van der Waals surface area contributed by atoms with E-state index in [1.54, 1.807) is 11.8 Å². The Morgan fingerprint density at radius 1 is 1.31 bits per heavy atom. The Bertz CT molecular complexity index is 399. The van der Waals surface area contributed by atoms with Gasteiger partial charge in [0.25, 0.3) is 0 Å². The highest BCUT2D eigenvalue weighted by Crippen LogP contribution is 2.42. The first-order chi connectivity index (χ1) is 7.86. The standard InChI is InChI=1S/C11H11ClO3S/c12-4-8-5-16-11(15-8)7-1-2-9-10(3-7)14-6-13-9/h1-3,8,11H,4-6H2. The molecule has 2 unspecified atom stereocenters. The fraction of sp³-hybridized carbons (Fsp3) is 0.455. The topological polar surface area (TPSA) is 27.7 Å². The minimum atomic E-state index is 0.0678. The molecule has 0 N–H and O–H groups in total. The van der Waals surface area contributed by atoms with E-state index in [0.717, 1.165) is 22.8 Å². The van der Waals surface area contributed by atoms with Gasteiger partial charge in [-0.1, -0.05) is 6.07 Å². The highest BCUT2D eigenvalue weighted by Gasteiger charge is 2.27. The summed E-state index contributed by atoms with van der Waals surface area (Å²) in [4.78, 5) is 0. The summed E-state index contributed by atoms with van der Waals surface area (Å²) in [6.45, 7) is 0.307. The van der Waals surface area contributed by atoms with Gasteiger partial charge in [0.05, 0.1) is 6.10 Å². The lowest BCUT2D eigenvalue weighted by Gasteiger charge is -2.11. The van der Waals surface area contributed by atoms with Crippen molar-refractivity contribution in [2.75, 3.05) is 18.4 Å². The van der Waals surface area contributed by atoms with E-state index in [1.807, 2.05) is 18.2 Å². The van der Waals surface area contributed by atoms with Crippen molar-refractivity contribution in [2.45, 2.75) is 11.5 Å². The summed E-state index contributed by atoms with van der Waals surface area (Å²) >= 11 is 7.54. The second kappa shape index (κ2) is 4.35. The van der Waals surface area contributed by atoms with Crippen molar-refractivity contribution in [3.63, 3.8) is 0 Å². The molecule has 86 valence electrons. The predicted molar refractivity (Wildman–Crippen MR) is 63.4 cm³/mol. The van der Waals surface area contributed by atoms with Crippen LogP contribution in [0.2, 0.25) is 0 Å². The van der Waals surface area contributed by atoms with E-state index in [-0.39, 0.29) is 11.5 Å². The molecule has 0 aliphatic carbocycles. The van der Waals surface area contributed by atoms with Gasteiger partial charge < -0.3 is 14.2 Å². The molecule has 2 heterocycles. The van der Waals surface area contributed by atoms with Crippen LogP contribution in [0.3, 0.4) is 0 Å². The Morgan fingerprint density at radius 3 is 3.00 bits per heavy atom. The van der Waals surface area contributed by atoms with Gasteiger partial charge in [0, 0.05) is 11.6 Å².